The van der Waals surface area contributed by atoms with Crippen LogP contribution in [0.5, 0.6) is 5.75 Å². The lowest BCUT2D eigenvalue weighted by atomic mass is 10.1. The van der Waals surface area contributed by atoms with Gasteiger partial charge in [-0.3, -0.25) is 4.79 Å². The van der Waals surface area contributed by atoms with Crippen LogP contribution in [0, 0.1) is 0 Å². The highest BCUT2D eigenvalue weighted by atomic mass is 16.3. The van der Waals surface area contributed by atoms with Crippen molar-refractivity contribution in [3.05, 3.63) is 36.4 Å². The van der Waals surface area contributed by atoms with Gasteiger partial charge in [0.2, 0.25) is 5.91 Å². The van der Waals surface area contributed by atoms with Gasteiger partial charge in [-0.1, -0.05) is 24.3 Å². The van der Waals surface area contributed by atoms with Gasteiger partial charge >= 0.3 is 0 Å². The first kappa shape index (κ1) is 12.9. The minimum atomic E-state index is -0.470. The highest BCUT2D eigenvalue weighted by Gasteiger charge is 2.28. The minimum absolute atomic E-state index is 0.169. The maximum Gasteiger partial charge on any atom is 0.241 e. The third-order valence-electron chi connectivity index (χ3n) is 3.58. The monoisotopic (exact) mass is 272 g/mol. The molecule has 2 atom stereocenters. The van der Waals surface area contributed by atoms with Crippen LogP contribution in [0.1, 0.15) is 6.42 Å². The van der Waals surface area contributed by atoms with E-state index >= 15 is 0 Å². The molecule has 1 aliphatic rings. The normalized spacial score (nSPS) is 22.1. The van der Waals surface area contributed by atoms with Gasteiger partial charge < -0.3 is 20.8 Å². The van der Waals surface area contributed by atoms with Crippen LogP contribution in [0.4, 0.5) is 5.69 Å². The fourth-order valence-electron chi connectivity index (χ4n) is 2.54. The van der Waals surface area contributed by atoms with Crippen molar-refractivity contribution in [2.75, 3.05) is 11.9 Å². The maximum absolute atomic E-state index is 12.1. The summed E-state index contributed by atoms with van der Waals surface area (Å²) in [5, 5.41) is 26.6. The first-order valence-corrected chi connectivity index (χ1v) is 6.58. The average Bonchev–Trinajstić information content (AvgIpc) is 2.87. The fraction of sp³-hybridized carbons (Fsp3) is 0.267. The summed E-state index contributed by atoms with van der Waals surface area (Å²) in [5.74, 6) is 0.0189. The number of fused-ring (bicyclic) bond motifs is 1. The third-order valence-corrected chi connectivity index (χ3v) is 3.58. The van der Waals surface area contributed by atoms with Crippen LogP contribution in [0.2, 0.25) is 0 Å². The summed E-state index contributed by atoms with van der Waals surface area (Å²) >= 11 is 0. The second-order valence-corrected chi connectivity index (χ2v) is 5.02. The van der Waals surface area contributed by atoms with Crippen LogP contribution in [0.3, 0.4) is 0 Å². The molecule has 1 saturated heterocycles. The van der Waals surface area contributed by atoms with Gasteiger partial charge in [0.15, 0.2) is 0 Å². The Morgan fingerprint density at radius 3 is 2.70 bits per heavy atom. The van der Waals surface area contributed by atoms with E-state index in [1.54, 1.807) is 30.3 Å². The van der Waals surface area contributed by atoms with E-state index in [2.05, 4.69) is 10.6 Å². The SMILES string of the molecule is O=C(Nc1cccc2c(O)cccc12)C1CC(O)CN1. The summed E-state index contributed by atoms with van der Waals surface area (Å²) in [7, 11) is 0. The lowest BCUT2D eigenvalue weighted by molar-refractivity contribution is -0.117. The largest absolute Gasteiger partial charge is 0.507 e. The van der Waals surface area contributed by atoms with Gasteiger partial charge in [0.25, 0.3) is 0 Å². The molecule has 1 aliphatic heterocycles. The number of amides is 1. The molecule has 1 amide bonds. The molecule has 3 rings (SSSR count). The summed E-state index contributed by atoms with van der Waals surface area (Å²) in [6.45, 7) is 0.439. The zero-order chi connectivity index (χ0) is 14.1. The van der Waals surface area contributed by atoms with Crippen molar-refractivity contribution in [2.24, 2.45) is 0 Å². The zero-order valence-corrected chi connectivity index (χ0v) is 10.8. The number of β-amino-alcohol motifs (C(OH)–C–C–N with tert-alkyl or cyclic N) is 1. The Morgan fingerprint density at radius 2 is 1.95 bits per heavy atom. The van der Waals surface area contributed by atoms with E-state index in [1.807, 2.05) is 6.07 Å². The summed E-state index contributed by atoms with van der Waals surface area (Å²) in [6, 6.07) is 10.2. The molecule has 1 fully saturated rings. The van der Waals surface area contributed by atoms with Crippen molar-refractivity contribution in [3.63, 3.8) is 0 Å². The molecular formula is C15H16N2O3. The van der Waals surface area contributed by atoms with E-state index in [-0.39, 0.29) is 17.7 Å². The Kier molecular flexibility index (Phi) is 3.30. The Morgan fingerprint density at radius 1 is 1.20 bits per heavy atom. The number of aromatic hydroxyl groups is 1. The summed E-state index contributed by atoms with van der Waals surface area (Å²) < 4.78 is 0. The average molecular weight is 272 g/mol. The first-order chi connectivity index (χ1) is 9.65. The second kappa shape index (κ2) is 5.11. The smallest absolute Gasteiger partial charge is 0.241 e. The van der Waals surface area contributed by atoms with Crippen LogP contribution in [0.25, 0.3) is 10.8 Å². The molecule has 1 heterocycles. The number of aliphatic hydroxyl groups is 1. The van der Waals surface area contributed by atoms with Gasteiger partial charge in [-0.2, -0.15) is 0 Å². The molecule has 5 nitrogen and oxygen atoms in total. The van der Waals surface area contributed by atoms with Gasteiger partial charge in [-0.15, -0.1) is 0 Å². The van der Waals surface area contributed by atoms with Gasteiger partial charge in [0.1, 0.15) is 5.75 Å². The minimum Gasteiger partial charge on any atom is -0.507 e. The zero-order valence-electron chi connectivity index (χ0n) is 10.8. The molecule has 20 heavy (non-hydrogen) atoms. The third kappa shape index (κ3) is 2.33. The number of hydrogen-bond donors (Lipinski definition) is 4. The fourth-order valence-corrected chi connectivity index (χ4v) is 2.54. The molecule has 0 aliphatic carbocycles. The Labute approximate surface area is 116 Å². The van der Waals surface area contributed by atoms with E-state index < -0.39 is 6.10 Å². The lowest BCUT2D eigenvalue weighted by Gasteiger charge is -2.13. The highest BCUT2D eigenvalue weighted by molar-refractivity contribution is 6.05. The molecule has 0 aromatic heterocycles. The molecule has 4 N–H and O–H groups in total. The number of rotatable bonds is 2. The Balaban J connectivity index is 1.88. The predicted octanol–water partition coefficient (Wildman–Crippen LogP) is 1.21. The number of carbonyl (C=O) groups is 1. The van der Waals surface area contributed by atoms with E-state index in [0.717, 1.165) is 5.39 Å². The quantitative estimate of drug-likeness (QED) is 0.662. The van der Waals surface area contributed by atoms with Gasteiger partial charge in [-0.25, -0.2) is 0 Å². The number of phenolic OH excluding ortho intramolecular Hbond substituents is 1. The summed E-state index contributed by atoms with van der Waals surface area (Å²) in [5.41, 5.74) is 0.659. The molecule has 2 aromatic carbocycles. The summed E-state index contributed by atoms with van der Waals surface area (Å²) in [4.78, 5) is 12.1. The molecule has 0 spiro atoms. The standard InChI is InChI=1S/C15H16N2O3/c18-9-7-13(16-8-9)15(20)17-12-5-1-4-11-10(12)3-2-6-14(11)19/h1-6,9,13,16,18-19H,7-8H2,(H,17,20). The van der Waals surface area contributed by atoms with Gasteiger partial charge in [-0.05, 0) is 18.6 Å². The molecule has 0 bridgehead atoms. The van der Waals surface area contributed by atoms with Gasteiger partial charge in [0, 0.05) is 23.0 Å². The highest BCUT2D eigenvalue weighted by Crippen LogP contribution is 2.29. The molecule has 2 unspecified atom stereocenters. The maximum atomic E-state index is 12.1. The number of anilines is 1. The van der Waals surface area contributed by atoms with Crippen LogP contribution in [-0.2, 0) is 4.79 Å². The number of benzene rings is 2. The van der Waals surface area contributed by atoms with E-state index in [1.165, 1.54) is 0 Å². The Bertz CT molecular complexity index is 657. The van der Waals surface area contributed by atoms with Crippen molar-refractivity contribution >= 4 is 22.4 Å². The van der Waals surface area contributed by atoms with E-state index in [4.69, 9.17) is 0 Å². The van der Waals surface area contributed by atoms with Crippen molar-refractivity contribution in [1.29, 1.82) is 0 Å². The van der Waals surface area contributed by atoms with Crippen LogP contribution in [0.15, 0.2) is 36.4 Å². The Hall–Kier alpha value is -2.11. The predicted molar refractivity (Wildman–Crippen MR) is 76.7 cm³/mol. The number of aliphatic hydroxyl groups excluding tert-OH is 1. The van der Waals surface area contributed by atoms with Crippen molar-refractivity contribution in [3.8, 4) is 5.75 Å². The molecule has 0 radical (unpaired) electrons. The van der Waals surface area contributed by atoms with Crippen LogP contribution in [-0.4, -0.2) is 34.8 Å². The second-order valence-electron chi connectivity index (χ2n) is 5.02. The topological polar surface area (TPSA) is 81.6 Å². The number of hydrogen-bond acceptors (Lipinski definition) is 4. The van der Waals surface area contributed by atoms with Gasteiger partial charge in [0.05, 0.1) is 12.1 Å². The lowest BCUT2D eigenvalue weighted by Crippen LogP contribution is -2.35. The molecular weight excluding hydrogens is 256 g/mol. The molecule has 0 saturated carbocycles. The van der Waals surface area contributed by atoms with Crippen molar-refractivity contribution in [1.82, 2.24) is 5.32 Å². The number of carbonyl (C=O) groups excluding carboxylic acids is 1. The summed E-state index contributed by atoms with van der Waals surface area (Å²) in [6.07, 6.45) is -0.0516. The van der Waals surface area contributed by atoms with E-state index in [9.17, 15) is 15.0 Å². The first-order valence-electron chi connectivity index (χ1n) is 6.58. The molecule has 104 valence electrons. The molecule has 5 heteroatoms. The van der Waals surface area contributed by atoms with Crippen LogP contribution < -0.4 is 10.6 Å². The van der Waals surface area contributed by atoms with Crippen molar-refractivity contribution < 1.29 is 15.0 Å². The van der Waals surface area contributed by atoms with E-state index in [0.29, 0.717) is 24.0 Å². The number of nitrogens with one attached hydrogen (secondary N) is 2. The number of phenols is 1. The van der Waals surface area contributed by atoms with Crippen molar-refractivity contribution in [2.45, 2.75) is 18.6 Å². The van der Waals surface area contributed by atoms with Crippen LogP contribution >= 0.6 is 0 Å². The molecule has 2 aromatic rings.